The molecule has 430 valence electrons. The minimum absolute atomic E-state index is 0.304. The van der Waals surface area contributed by atoms with E-state index in [4.69, 9.17) is 9.47 Å². The summed E-state index contributed by atoms with van der Waals surface area (Å²) in [5, 5.41) is 64.9. The van der Waals surface area contributed by atoms with Crippen molar-refractivity contribution in [1.29, 1.82) is 0 Å². The Balaban J connectivity index is 2.10. The molecule has 0 saturated carbocycles. The highest BCUT2D eigenvalue weighted by molar-refractivity contribution is 5.80. The quantitative estimate of drug-likeness (QED) is 0.0232. The van der Waals surface area contributed by atoms with Crippen molar-refractivity contribution < 1.29 is 44.9 Å². The van der Waals surface area contributed by atoms with Gasteiger partial charge in [0.15, 0.2) is 6.29 Å². The zero-order chi connectivity index (χ0) is 53.1. The van der Waals surface area contributed by atoms with Crippen molar-refractivity contribution in [2.75, 3.05) is 13.2 Å². The molecule has 1 amide bonds. The van der Waals surface area contributed by atoms with Crippen molar-refractivity contribution in [3.8, 4) is 0 Å². The maximum absolute atomic E-state index is 13.1. The van der Waals surface area contributed by atoms with Crippen molar-refractivity contribution in [2.24, 2.45) is 0 Å². The van der Waals surface area contributed by atoms with Crippen LogP contribution in [0, 0.1) is 0 Å². The molecule has 7 N–H and O–H groups in total. The van der Waals surface area contributed by atoms with E-state index in [2.05, 4.69) is 43.5 Å². The van der Waals surface area contributed by atoms with Gasteiger partial charge in [-0.15, -0.1) is 0 Å². The molecule has 8 unspecified atom stereocenters. The lowest BCUT2D eigenvalue weighted by Crippen LogP contribution is -2.60. The molecule has 1 saturated heterocycles. The van der Waals surface area contributed by atoms with Gasteiger partial charge in [-0.3, -0.25) is 4.79 Å². The van der Waals surface area contributed by atoms with Crippen LogP contribution in [0.25, 0.3) is 0 Å². The zero-order valence-electron chi connectivity index (χ0n) is 47.5. The Bertz CT molecular complexity index is 1260. The molecule has 10 heteroatoms. The summed E-state index contributed by atoms with van der Waals surface area (Å²) in [6.07, 6.45) is 58.6. The smallest absolute Gasteiger partial charge is 0.249 e. The molecule has 73 heavy (non-hydrogen) atoms. The number of amides is 1. The van der Waals surface area contributed by atoms with Gasteiger partial charge < -0.3 is 45.4 Å². The van der Waals surface area contributed by atoms with E-state index in [1.165, 1.54) is 225 Å². The number of nitrogens with one attached hydrogen (secondary N) is 1. The summed E-state index contributed by atoms with van der Waals surface area (Å²) in [5.74, 6) is -0.614. The third-order valence-corrected chi connectivity index (χ3v) is 15.1. The van der Waals surface area contributed by atoms with E-state index < -0.39 is 61.5 Å². The second kappa shape index (κ2) is 52.4. The minimum atomic E-state index is -1.61. The Morgan fingerprint density at radius 1 is 0.479 bits per heavy atom. The van der Waals surface area contributed by atoms with Crippen molar-refractivity contribution in [3.05, 3.63) is 36.5 Å². The molecular formula is C63H119NO9. The molecule has 0 bridgehead atoms. The van der Waals surface area contributed by atoms with Gasteiger partial charge in [0.1, 0.15) is 30.5 Å². The van der Waals surface area contributed by atoms with Crippen LogP contribution < -0.4 is 5.32 Å². The predicted molar refractivity (Wildman–Crippen MR) is 306 cm³/mol. The molecule has 0 aliphatic carbocycles. The number of aliphatic hydroxyl groups is 6. The summed E-state index contributed by atoms with van der Waals surface area (Å²) in [6, 6.07) is -0.979. The zero-order valence-corrected chi connectivity index (χ0v) is 47.5. The highest BCUT2D eigenvalue weighted by Crippen LogP contribution is 2.23. The van der Waals surface area contributed by atoms with Crippen LogP contribution in [0.15, 0.2) is 36.5 Å². The molecule has 0 radical (unpaired) electrons. The maximum atomic E-state index is 13.1. The molecule has 0 spiro atoms. The number of ether oxygens (including phenoxy) is 2. The average Bonchev–Trinajstić information content (AvgIpc) is 3.39. The van der Waals surface area contributed by atoms with Gasteiger partial charge in [0, 0.05) is 0 Å². The maximum Gasteiger partial charge on any atom is 0.249 e. The molecule has 1 fully saturated rings. The summed E-state index contributed by atoms with van der Waals surface area (Å²) in [7, 11) is 0. The predicted octanol–water partition coefficient (Wildman–Crippen LogP) is 14.9. The minimum Gasteiger partial charge on any atom is -0.394 e. The van der Waals surface area contributed by atoms with E-state index >= 15 is 0 Å². The van der Waals surface area contributed by atoms with Gasteiger partial charge in [-0.05, 0) is 51.4 Å². The Labute approximate surface area is 449 Å². The number of rotatable bonds is 54. The molecule has 0 aromatic rings. The van der Waals surface area contributed by atoms with Crippen molar-refractivity contribution >= 4 is 5.91 Å². The third-order valence-electron chi connectivity index (χ3n) is 15.1. The number of carbonyl (C=O) groups is 1. The van der Waals surface area contributed by atoms with E-state index in [0.717, 1.165) is 51.4 Å². The molecule has 8 atom stereocenters. The normalized spacial score (nSPS) is 19.7. The van der Waals surface area contributed by atoms with E-state index in [1.54, 1.807) is 6.08 Å². The summed E-state index contributed by atoms with van der Waals surface area (Å²) in [5.41, 5.74) is 0. The Morgan fingerprint density at radius 2 is 0.836 bits per heavy atom. The summed E-state index contributed by atoms with van der Waals surface area (Å²) in [4.78, 5) is 13.1. The lowest BCUT2D eigenvalue weighted by Gasteiger charge is -2.40. The Morgan fingerprint density at radius 3 is 1.22 bits per heavy atom. The van der Waals surface area contributed by atoms with Gasteiger partial charge in [0.05, 0.1) is 25.4 Å². The van der Waals surface area contributed by atoms with Crippen molar-refractivity contribution in [3.63, 3.8) is 0 Å². The lowest BCUT2D eigenvalue weighted by atomic mass is 9.99. The number of allylic oxidation sites excluding steroid dienone is 5. The fraction of sp³-hybridized carbons (Fsp3) is 0.889. The van der Waals surface area contributed by atoms with Gasteiger partial charge in [0.2, 0.25) is 5.91 Å². The summed E-state index contributed by atoms with van der Waals surface area (Å²) >= 11 is 0. The largest absolute Gasteiger partial charge is 0.394 e. The topological polar surface area (TPSA) is 169 Å². The molecule has 1 rings (SSSR count). The SMILES string of the molecule is CCCCCCCCCCCC/C=C/C(O)C(COC1OC(CO)C(O)C(O)C1O)NC(=O)C(O)CCCCCCCCCCCCCCCCCC/C=C\C/C=C\CCCCCCCCCCCCCCC. The molecule has 10 nitrogen and oxygen atoms in total. The molecular weight excluding hydrogens is 915 g/mol. The van der Waals surface area contributed by atoms with Crippen LogP contribution >= 0.6 is 0 Å². The first-order chi connectivity index (χ1) is 35.8. The first-order valence-electron chi connectivity index (χ1n) is 31.3. The number of carbonyl (C=O) groups excluding carboxylic acids is 1. The van der Waals surface area contributed by atoms with Crippen LogP contribution in [0.1, 0.15) is 296 Å². The summed E-state index contributed by atoms with van der Waals surface area (Å²) in [6.45, 7) is 3.63. The second-order valence-electron chi connectivity index (χ2n) is 22.0. The average molecular weight is 1030 g/mol. The molecule has 1 heterocycles. The third kappa shape index (κ3) is 41.2. The van der Waals surface area contributed by atoms with Gasteiger partial charge in [-0.25, -0.2) is 0 Å². The second-order valence-corrected chi connectivity index (χ2v) is 22.0. The monoisotopic (exact) mass is 1030 g/mol. The number of hydrogen-bond acceptors (Lipinski definition) is 9. The first kappa shape index (κ1) is 69.4. The first-order valence-corrected chi connectivity index (χ1v) is 31.3. The number of hydrogen-bond donors (Lipinski definition) is 7. The summed E-state index contributed by atoms with van der Waals surface area (Å²) < 4.78 is 11.2. The van der Waals surface area contributed by atoms with E-state index in [0.29, 0.717) is 6.42 Å². The highest BCUT2D eigenvalue weighted by atomic mass is 16.7. The van der Waals surface area contributed by atoms with Crippen molar-refractivity contribution in [2.45, 2.75) is 345 Å². The van der Waals surface area contributed by atoms with E-state index in [-0.39, 0.29) is 6.61 Å². The van der Waals surface area contributed by atoms with Crippen LogP contribution in [0.4, 0.5) is 0 Å². The van der Waals surface area contributed by atoms with E-state index in [1.807, 2.05) is 6.08 Å². The van der Waals surface area contributed by atoms with Gasteiger partial charge in [-0.1, -0.05) is 281 Å². The van der Waals surface area contributed by atoms with Crippen LogP contribution in [-0.2, 0) is 14.3 Å². The van der Waals surface area contributed by atoms with Gasteiger partial charge in [0.25, 0.3) is 0 Å². The lowest BCUT2D eigenvalue weighted by molar-refractivity contribution is -0.302. The molecule has 1 aliphatic heterocycles. The number of aliphatic hydroxyl groups excluding tert-OH is 6. The Hall–Kier alpha value is -1.63. The fourth-order valence-corrected chi connectivity index (χ4v) is 10.0. The molecule has 0 aromatic carbocycles. The van der Waals surface area contributed by atoms with Gasteiger partial charge in [-0.2, -0.15) is 0 Å². The van der Waals surface area contributed by atoms with Crippen LogP contribution in [0.2, 0.25) is 0 Å². The Kier molecular flexibility index (Phi) is 49.8. The van der Waals surface area contributed by atoms with Crippen LogP contribution in [0.5, 0.6) is 0 Å². The van der Waals surface area contributed by atoms with E-state index in [9.17, 15) is 35.4 Å². The van der Waals surface area contributed by atoms with Crippen molar-refractivity contribution in [1.82, 2.24) is 5.32 Å². The van der Waals surface area contributed by atoms with Gasteiger partial charge >= 0.3 is 0 Å². The molecule has 0 aromatic heterocycles. The molecule has 1 aliphatic rings. The fourth-order valence-electron chi connectivity index (χ4n) is 10.0. The van der Waals surface area contributed by atoms with Crippen LogP contribution in [-0.4, -0.2) is 98.7 Å². The van der Waals surface area contributed by atoms with Crippen LogP contribution in [0.3, 0.4) is 0 Å². The number of unbranched alkanes of at least 4 members (excludes halogenated alkanes) is 39. The standard InChI is InChI=1S/C63H119NO9/c1-3-5-7-9-11-13-15-17-18-19-20-21-22-23-24-25-26-27-28-29-30-31-32-33-34-35-36-37-38-39-40-42-44-46-48-50-52-57(67)62(71)64-55(54-72-63-61(70)60(69)59(68)58(53-65)73-63)56(66)51-49-47-45-43-41-16-14-12-10-8-6-4-2/h24-25,27-28,49,51,55-61,63,65-70H,3-23,26,29-48,50,52-54H2,1-2H3,(H,64,71)/b25-24-,28-27-,51-49+. The highest BCUT2D eigenvalue weighted by Gasteiger charge is 2.44.